The van der Waals surface area contributed by atoms with Crippen LogP contribution in [0.25, 0.3) is 22.6 Å². The summed E-state index contributed by atoms with van der Waals surface area (Å²) in [5.74, 6) is 0.268. The lowest BCUT2D eigenvalue weighted by molar-refractivity contribution is 0.102. The molecule has 3 heterocycles. The van der Waals surface area contributed by atoms with Gasteiger partial charge in [-0.2, -0.15) is 9.36 Å². The Hall–Kier alpha value is -3.45. The molecule has 0 unspecified atom stereocenters. The molecule has 4 aromatic rings. The Bertz CT molecular complexity index is 1020. The SMILES string of the molecule is O=C(Nc1nc(-c2ccccn2)ns1)c1ccc(-c2cccnc2)cc1. The van der Waals surface area contributed by atoms with E-state index in [1.807, 2.05) is 42.5 Å². The Kier molecular flexibility index (Phi) is 4.44. The zero-order valence-corrected chi connectivity index (χ0v) is 14.4. The highest BCUT2D eigenvalue weighted by Crippen LogP contribution is 2.21. The number of carbonyl (C=O) groups excluding carboxylic acids is 1. The van der Waals surface area contributed by atoms with Gasteiger partial charge in [0.2, 0.25) is 5.13 Å². The smallest absolute Gasteiger partial charge is 0.257 e. The summed E-state index contributed by atoms with van der Waals surface area (Å²) in [7, 11) is 0. The monoisotopic (exact) mass is 359 g/mol. The summed E-state index contributed by atoms with van der Waals surface area (Å²) in [6.45, 7) is 0. The van der Waals surface area contributed by atoms with Crippen LogP contribution in [0.15, 0.2) is 73.2 Å². The van der Waals surface area contributed by atoms with Gasteiger partial charge in [-0.05, 0) is 41.5 Å². The minimum atomic E-state index is -0.230. The third-order valence-corrected chi connectivity index (χ3v) is 4.31. The van der Waals surface area contributed by atoms with E-state index in [0.717, 1.165) is 22.7 Å². The van der Waals surface area contributed by atoms with Crippen molar-refractivity contribution in [2.75, 3.05) is 5.32 Å². The maximum Gasteiger partial charge on any atom is 0.257 e. The van der Waals surface area contributed by atoms with Gasteiger partial charge in [0, 0.05) is 35.7 Å². The third-order valence-electron chi connectivity index (χ3n) is 3.68. The van der Waals surface area contributed by atoms with E-state index < -0.39 is 0 Å². The van der Waals surface area contributed by atoms with Crippen LogP contribution in [0.2, 0.25) is 0 Å². The number of benzene rings is 1. The Labute approximate surface area is 153 Å². The number of nitrogens with zero attached hydrogens (tertiary/aromatic N) is 4. The van der Waals surface area contributed by atoms with Gasteiger partial charge >= 0.3 is 0 Å². The summed E-state index contributed by atoms with van der Waals surface area (Å²) in [5.41, 5.74) is 3.23. The minimum absolute atomic E-state index is 0.230. The molecule has 4 rings (SSSR count). The number of hydrogen-bond donors (Lipinski definition) is 1. The van der Waals surface area contributed by atoms with Crippen molar-refractivity contribution >= 4 is 22.6 Å². The molecule has 0 saturated carbocycles. The minimum Gasteiger partial charge on any atom is -0.297 e. The Morgan fingerprint density at radius 3 is 2.54 bits per heavy atom. The molecule has 1 aromatic carbocycles. The maximum absolute atomic E-state index is 12.4. The summed E-state index contributed by atoms with van der Waals surface area (Å²) in [4.78, 5) is 25.0. The number of aromatic nitrogens is 4. The Morgan fingerprint density at radius 1 is 0.923 bits per heavy atom. The normalized spacial score (nSPS) is 10.5. The quantitative estimate of drug-likeness (QED) is 0.597. The van der Waals surface area contributed by atoms with Crippen LogP contribution in [0.5, 0.6) is 0 Å². The maximum atomic E-state index is 12.4. The van der Waals surface area contributed by atoms with Crippen LogP contribution in [0.3, 0.4) is 0 Å². The predicted molar refractivity (Wildman–Crippen MR) is 101 cm³/mol. The van der Waals surface area contributed by atoms with E-state index in [0.29, 0.717) is 22.2 Å². The molecule has 0 saturated heterocycles. The molecule has 0 atom stereocenters. The van der Waals surface area contributed by atoms with Crippen molar-refractivity contribution < 1.29 is 4.79 Å². The van der Waals surface area contributed by atoms with E-state index >= 15 is 0 Å². The number of hydrogen-bond acceptors (Lipinski definition) is 6. The van der Waals surface area contributed by atoms with Crippen molar-refractivity contribution in [1.82, 2.24) is 19.3 Å². The van der Waals surface area contributed by atoms with Gasteiger partial charge in [-0.25, -0.2) is 0 Å². The molecule has 0 spiro atoms. The van der Waals surface area contributed by atoms with Crippen LogP contribution in [0.1, 0.15) is 10.4 Å². The number of carbonyl (C=O) groups is 1. The molecule has 1 N–H and O–H groups in total. The zero-order valence-electron chi connectivity index (χ0n) is 13.5. The van der Waals surface area contributed by atoms with E-state index in [-0.39, 0.29) is 5.91 Å². The van der Waals surface area contributed by atoms with E-state index in [1.54, 1.807) is 30.7 Å². The lowest BCUT2D eigenvalue weighted by atomic mass is 10.1. The van der Waals surface area contributed by atoms with Crippen LogP contribution in [0, 0.1) is 0 Å². The van der Waals surface area contributed by atoms with Crippen molar-refractivity contribution in [3.63, 3.8) is 0 Å². The lowest BCUT2D eigenvalue weighted by Crippen LogP contribution is -2.11. The molecule has 0 bridgehead atoms. The van der Waals surface area contributed by atoms with Gasteiger partial charge in [0.25, 0.3) is 5.91 Å². The van der Waals surface area contributed by atoms with Crippen molar-refractivity contribution in [2.24, 2.45) is 0 Å². The predicted octanol–water partition coefficient (Wildman–Crippen LogP) is 3.91. The second kappa shape index (κ2) is 7.20. The molecule has 26 heavy (non-hydrogen) atoms. The molecule has 0 aliphatic rings. The van der Waals surface area contributed by atoms with Crippen LogP contribution in [-0.4, -0.2) is 25.2 Å². The van der Waals surface area contributed by atoms with Gasteiger partial charge in [0.1, 0.15) is 5.69 Å². The average molecular weight is 359 g/mol. The van der Waals surface area contributed by atoms with Crippen molar-refractivity contribution in [2.45, 2.75) is 0 Å². The molecule has 126 valence electrons. The third kappa shape index (κ3) is 3.47. The van der Waals surface area contributed by atoms with Gasteiger partial charge in [-0.1, -0.05) is 24.3 Å². The number of nitrogens with one attached hydrogen (secondary N) is 1. The van der Waals surface area contributed by atoms with E-state index in [4.69, 9.17) is 0 Å². The second-order valence-corrected chi connectivity index (χ2v) is 6.16. The molecular weight excluding hydrogens is 346 g/mol. The summed E-state index contributed by atoms with van der Waals surface area (Å²) in [6.07, 6.45) is 5.19. The fourth-order valence-electron chi connectivity index (χ4n) is 2.39. The first-order chi connectivity index (χ1) is 12.8. The topological polar surface area (TPSA) is 80.7 Å². The van der Waals surface area contributed by atoms with E-state index in [9.17, 15) is 4.79 Å². The molecule has 7 heteroatoms. The Balaban J connectivity index is 1.48. The number of amides is 1. The van der Waals surface area contributed by atoms with E-state index in [2.05, 4.69) is 24.6 Å². The highest BCUT2D eigenvalue weighted by atomic mass is 32.1. The molecule has 0 radical (unpaired) electrons. The molecule has 1 amide bonds. The summed E-state index contributed by atoms with van der Waals surface area (Å²) in [5, 5.41) is 3.21. The fourth-order valence-corrected chi connectivity index (χ4v) is 2.96. The van der Waals surface area contributed by atoms with Gasteiger partial charge in [-0.15, -0.1) is 0 Å². The first kappa shape index (κ1) is 16.0. The largest absolute Gasteiger partial charge is 0.297 e. The second-order valence-electron chi connectivity index (χ2n) is 5.41. The molecule has 0 fully saturated rings. The summed E-state index contributed by atoms with van der Waals surface area (Å²) >= 11 is 1.13. The van der Waals surface area contributed by atoms with Crippen LogP contribution >= 0.6 is 11.5 Å². The summed E-state index contributed by atoms with van der Waals surface area (Å²) in [6, 6.07) is 16.7. The van der Waals surface area contributed by atoms with Crippen LogP contribution in [0.4, 0.5) is 5.13 Å². The first-order valence-electron chi connectivity index (χ1n) is 7.86. The number of rotatable bonds is 4. The molecule has 3 aromatic heterocycles. The number of pyridine rings is 2. The van der Waals surface area contributed by atoms with Crippen molar-refractivity contribution in [3.05, 3.63) is 78.8 Å². The van der Waals surface area contributed by atoms with Gasteiger partial charge in [-0.3, -0.25) is 20.1 Å². The summed E-state index contributed by atoms with van der Waals surface area (Å²) < 4.78 is 4.23. The van der Waals surface area contributed by atoms with E-state index in [1.165, 1.54) is 0 Å². The number of anilines is 1. The zero-order chi connectivity index (χ0) is 17.8. The average Bonchev–Trinajstić information content (AvgIpc) is 3.18. The van der Waals surface area contributed by atoms with Crippen molar-refractivity contribution in [1.29, 1.82) is 0 Å². The molecule has 0 aliphatic heterocycles. The Morgan fingerprint density at radius 2 is 1.81 bits per heavy atom. The van der Waals surface area contributed by atoms with Crippen LogP contribution in [-0.2, 0) is 0 Å². The van der Waals surface area contributed by atoms with Gasteiger partial charge in [0.15, 0.2) is 5.82 Å². The highest BCUT2D eigenvalue weighted by Gasteiger charge is 2.12. The fraction of sp³-hybridized carbons (Fsp3) is 0. The molecule has 6 nitrogen and oxygen atoms in total. The molecule has 0 aliphatic carbocycles. The standard InChI is InChI=1S/C19H13N5OS/c25-18(14-8-6-13(7-9-14)15-4-3-10-20-12-15)23-19-22-17(24-26-19)16-5-1-2-11-21-16/h1-12H,(H,22,23,24,25). The van der Waals surface area contributed by atoms with Gasteiger partial charge < -0.3 is 0 Å². The molecular formula is C19H13N5OS. The first-order valence-corrected chi connectivity index (χ1v) is 8.64. The van der Waals surface area contributed by atoms with Crippen molar-refractivity contribution in [3.8, 4) is 22.6 Å². The van der Waals surface area contributed by atoms with Crippen LogP contribution < -0.4 is 5.32 Å². The van der Waals surface area contributed by atoms with Gasteiger partial charge in [0.05, 0.1) is 0 Å². The highest BCUT2D eigenvalue weighted by molar-refractivity contribution is 7.10. The lowest BCUT2D eigenvalue weighted by Gasteiger charge is -2.04.